The first kappa shape index (κ1) is 24.3. The van der Waals surface area contributed by atoms with Gasteiger partial charge in [0.15, 0.2) is 23.0 Å². The molecule has 2 N–H and O–H groups in total. The van der Waals surface area contributed by atoms with E-state index in [4.69, 9.17) is 9.47 Å². The lowest BCUT2D eigenvalue weighted by Gasteiger charge is -2.27. The number of ketones is 1. The number of ether oxygens (including phenoxy) is 2. The number of aromatic carboxylic acids is 1. The SMILES string of the molecule is COc1ccc([C@H]2C(C(=O)C=Cc3ccccc3)=C(O)C(=O)N2c2cccc(C(=O)O)c2)cc1OC. The minimum atomic E-state index is -1.18. The van der Waals surface area contributed by atoms with Crippen molar-refractivity contribution < 1.29 is 34.1 Å². The monoisotopic (exact) mass is 485 g/mol. The van der Waals surface area contributed by atoms with Crippen LogP contribution in [0, 0.1) is 0 Å². The molecule has 0 aromatic heterocycles. The van der Waals surface area contributed by atoms with Gasteiger partial charge in [0.25, 0.3) is 5.91 Å². The summed E-state index contributed by atoms with van der Waals surface area (Å²) in [6.45, 7) is 0. The lowest BCUT2D eigenvalue weighted by molar-refractivity contribution is -0.117. The Hall–Kier alpha value is -4.85. The van der Waals surface area contributed by atoms with Crippen molar-refractivity contribution in [2.24, 2.45) is 0 Å². The number of carbonyl (C=O) groups is 3. The van der Waals surface area contributed by atoms with Gasteiger partial charge in [0, 0.05) is 5.69 Å². The lowest BCUT2D eigenvalue weighted by atomic mass is 9.94. The summed E-state index contributed by atoms with van der Waals surface area (Å²) in [6.07, 6.45) is 2.88. The minimum Gasteiger partial charge on any atom is -0.503 e. The van der Waals surface area contributed by atoms with Crippen molar-refractivity contribution in [3.05, 3.63) is 107 Å². The molecule has 182 valence electrons. The second kappa shape index (κ2) is 10.2. The van der Waals surface area contributed by atoms with Crippen molar-refractivity contribution in [1.82, 2.24) is 0 Å². The van der Waals surface area contributed by atoms with Crippen LogP contribution in [0.1, 0.15) is 27.5 Å². The highest BCUT2D eigenvalue weighted by atomic mass is 16.5. The van der Waals surface area contributed by atoms with Crippen LogP contribution in [-0.4, -0.2) is 42.1 Å². The molecule has 36 heavy (non-hydrogen) atoms. The average Bonchev–Trinajstić information content (AvgIpc) is 3.17. The van der Waals surface area contributed by atoms with Crippen LogP contribution in [0.3, 0.4) is 0 Å². The summed E-state index contributed by atoms with van der Waals surface area (Å²) < 4.78 is 10.7. The number of carboxylic acids is 1. The first-order valence-corrected chi connectivity index (χ1v) is 10.9. The molecule has 0 radical (unpaired) electrons. The zero-order valence-corrected chi connectivity index (χ0v) is 19.5. The number of hydrogen-bond donors (Lipinski definition) is 2. The van der Waals surface area contributed by atoms with Crippen LogP contribution in [-0.2, 0) is 9.59 Å². The predicted octanol–water partition coefficient (Wildman–Crippen LogP) is 4.58. The largest absolute Gasteiger partial charge is 0.503 e. The summed E-state index contributed by atoms with van der Waals surface area (Å²) in [6, 6.07) is 18.7. The molecule has 1 aliphatic rings. The second-order valence-corrected chi connectivity index (χ2v) is 7.92. The highest BCUT2D eigenvalue weighted by Gasteiger charge is 2.44. The normalized spacial score (nSPS) is 15.4. The van der Waals surface area contributed by atoms with E-state index in [9.17, 15) is 24.6 Å². The number of nitrogens with zero attached hydrogens (tertiary/aromatic N) is 1. The number of allylic oxidation sites excluding steroid dienone is 1. The van der Waals surface area contributed by atoms with Crippen molar-refractivity contribution in [2.75, 3.05) is 19.1 Å². The van der Waals surface area contributed by atoms with Crippen LogP contribution in [0.25, 0.3) is 6.08 Å². The topological polar surface area (TPSA) is 113 Å². The molecule has 0 aliphatic carbocycles. The number of aliphatic hydroxyl groups excluding tert-OH is 1. The Labute approximate surface area is 207 Å². The molecule has 1 heterocycles. The van der Waals surface area contributed by atoms with Gasteiger partial charge in [-0.2, -0.15) is 0 Å². The molecule has 1 amide bonds. The third-order valence-electron chi connectivity index (χ3n) is 5.79. The smallest absolute Gasteiger partial charge is 0.335 e. The number of anilines is 1. The summed E-state index contributed by atoms with van der Waals surface area (Å²) in [5, 5.41) is 20.3. The number of carboxylic acid groups (broad SMARTS) is 1. The molecule has 3 aromatic carbocycles. The molecule has 1 atom stereocenters. The Kier molecular flexibility index (Phi) is 6.87. The van der Waals surface area contributed by atoms with Crippen molar-refractivity contribution in [2.45, 2.75) is 6.04 Å². The van der Waals surface area contributed by atoms with E-state index in [1.54, 1.807) is 30.3 Å². The maximum Gasteiger partial charge on any atom is 0.335 e. The third-order valence-corrected chi connectivity index (χ3v) is 5.79. The standard InChI is InChI=1S/C28H23NO7/c1-35-22-14-12-18(16-23(22)36-2)25-24(21(30)13-11-17-7-4-3-5-8-17)26(31)27(32)29(25)20-10-6-9-19(15-20)28(33)34/h3-16,25,31H,1-2H3,(H,33,34)/t25-/m0/s1. The van der Waals surface area contributed by atoms with E-state index in [-0.39, 0.29) is 16.8 Å². The molecule has 0 unspecified atom stereocenters. The molecule has 4 rings (SSSR count). The number of amides is 1. The van der Waals surface area contributed by atoms with Crippen molar-refractivity contribution in [3.8, 4) is 11.5 Å². The van der Waals surface area contributed by atoms with Gasteiger partial charge in [0.2, 0.25) is 0 Å². The fourth-order valence-corrected chi connectivity index (χ4v) is 4.08. The van der Waals surface area contributed by atoms with Gasteiger partial charge in [-0.3, -0.25) is 14.5 Å². The Morgan fingerprint density at radius 1 is 0.917 bits per heavy atom. The second-order valence-electron chi connectivity index (χ2n) is 7.92. The van der Waals surface area contributed by atoms with Crippen molar-refractivity contribution >= 4 is 29.4 Å². The first-order valence-electron chi connectivity index (χ1n) is 10.9. The molecule has 3 aromatic rings. The number of benzene rings is 3. The maximum absolute atomic E-state index is 13.4. The molecule has 0 saturated heterocycles. The molecule has 0 fully saturated rings. The molecule has 0 bridgehead atoms. The van der Waals surface area contributed by atoms with E-state index < -0.39 is 29.5 Å². The summed E-state index contributed by atoms with van der Waals surface area (Å²) in [5.74, 6) is -2.48. The highest BCUT2D eigenvalue weighted by Crippen LogP contribution is 2.43. The Bertz CT molecular complexity index is 1390. The Morgan fingerprint density at radius 2 is 1.64 bits per heavy atom. The van der Waals surface area contributed by atoms with E-state index in [2.05, 4.69) is 0 Å². The summed E-state index contributed by atoms with van der Waals surface area (Å²) in [4.78, 5) is 39.4. The van der Waals surface area contributed by atoms with Gasteiger partial charge in [0.1, 0.15) is 0 Å². The highest BCUT2D eigenvalue weighted by molar-refractivity contribution is 6.20. The number of carbonyl (C=O) groups excluding carboxylic acids is 2. The van der Waals surface area contributed by atoms with Crippen LogP contribution in [0.4, 0.5) is 5.69 Å². The predicted molar refractivity (Wildman–Crippen MR) is 133 cm³/mol. The van der Waals surface area contributed by atoms with Crippen LogP contribution < -0.4 is 14.4 Å². The molecular formula is C28H23NO7. The quantitative estimate of drug-likeness (QED) is 0.449. The van der Waals surface area contributed by atoms with E-state index >= 15 is 0 Å². The van der Waals surface area contributed by atoms with Gasteiger partial charge >= 0.3 is 5.97 Å². The lowest BCUT2D eigenvalue weighted by Crippen LogP contribution is -2.31. The molecule has 8 nitrogen and oxygen atoms in total. The van der Waals surface area contributed by atoms with E-state index in [0.717, 1.165) is 5.56 Å². The number of methoxy groups -OCH3 is 2. The first-order chi connectivity index (χ1) is 17.3. The van der Waals surface area contributed by atoms with E-state index in [1.807, 2.05) is 30.3 Å². The summed E-state index contributed by atoms with van der Waals surface area (Å²) >= 11 is 0. The van der Waals surface area contributed by atoms with Gasteiger partial charge in [0.05, 0.1) is 31.4 Å². The average molecular weight is 485 g/mol. The minimum absolute atomic E-state index is 0.0467. The third kappa shape index (κ3) is 4.56. The van der Waals surface area contributed by atoms with Gasteiger partial charge in [-0.25, -0.2) is 4.79 Å². The summed E-state index contributed by atoms with van der Waals surface area (Å²) in [7, 11) is 2.94. The van der Waals surface area contributed by atoms with Crippen LogP contribution in [0.15, 0.2) is 90.2 Å². The van der Waals surface area contributed by atoms with Crippen LogP contribution >= 0.6 is 0 Å². The fraction of sp³-hybridized carbons (Fsp3) is 0.107. The van der Waals surface area contributed by atoms with Crippen LogP contribution in [0.2, 0.25) is 0 Å². The Balaban J connectivity index is 1.85. The van der Waals surface area contributed by atoms with Crippen molar-refractivity contribution in [1.29, 1.82) is 0 Å². The number of aliphatic hydroxyl groups is 1. The zero-order chi connectivity index (χ0) is 25.8. The van der Waals surface area contributed by atoms with Gasteiger partial charge in [-0.05, 0) is 47.5 Å². The maximum atomic E-state index is 13.4. The van der Waals surface area contributed by atoms with Gasteiger partial charge in [-0.15, -0.1) is 0 Å². The molecule has 0 spiro atoms. The Morgan fingerprint density at radius 3 is 2.31 bits per heavy atom. The number of hydrogen-bond acceptors (Lipinski definition) is 6. The molecular weight excluding hydrogens is 462 g/mol. The van der Waals surface area contributed by atoms with Crippen molar-refractivity contribution in [3.63, 3.8) is 0 Å². The summed E-state index contributed by atoms with van der Waals surface area (Å²) in [5.41, 5.74) is 1.25. The molecule has 8 heteroatoms. The van der Waals surface area contributed by atoms with Crippen LogP contribution in [0.5, 0.6) is 11.5 Å². The molecule has 0 saturated carbocycles. The number of rotatable bonds is 8. The van der Waals surface area contributed by atoms with E-state index in [0.29, 0.717) is 17.1 Å². The van der Waals surface area contributed by atoms with E-state index in [1.165, 1.54) is 43.4 Å². The van der Waals surface area contributed by atoms with Gasteiger partial charge < -0.3 is 19.7 Å². The molecule has 1 aliphatic heterocycles. The fourth-order valence-electron chi connectivity index (χ4n) is 4.08. The van der Waals surface area contributed by atoms with Gasteiger partial charge in [-0.1, -0.05) is 48.5 Å². The zero-order valence-electron chi connectivity index (χ0n) is 19.5.